The summed E-state index contributed by atoms with van der Waals surface area (Å²) in [5.41, 5.74) is 0.590. The van der Waals surface area contributed by atoms with Crippen molar-refractivity contribution in [3.8, 4) is 0 Å². The predicted octanol–water partition coefficient (Wildman–Crippen LogP) is 3.63. The van der Waals surface area contributed by atoms with Gasteiger partial charge in [-0.15, -0.1) is 0 Å². The van der Waals surface area contributed by atoms with Crippen LogP contribution in [0.4, 0.5) is 0 Å². The maximum Gasteiger partial charge on any atom is 0.169 e. The Hall–Kier alpha value is -0.200. The molecule has 5 aliphatic rings. The van der Waals surface area contributed by atoms with Gasteiger partial charge in [0.2, 0.25) is 0 Å². The van der Waals surface area contributed by atoms with E-state index < -0.39 is 5.79 Å². The van der Waals surface area contributed by atoms with Crippen LogP contribution in [-0.2, 0) is 18.9 Å². The highest BCUT2D eigenvalue weighted by Crippen LogP contribution is 2.73. The third kappa shape index (κ3) is 2.83. The molecule has 2 bridgehead atoms. The Morgan fingerprint density at radius 3 is 2.44 bits per heavy atom. The Kier molecular flexibility index (Phi) is 4.46. The molecule has 5 nitrogen and oxygen atoms in total. The zero-order valence-electron chi connectivity index (χ0n) is 17.0. The van der Waals surface area contributed by atoms with Crippen LogP contribution in [0.3, 0.4) is 0 Å². The van der Waals surface area contributed by atoms with E-state index >= 15 is 0 Å². The number of aliphatic hydroxyl groups is 1. The molecule has 0 radical (unpaired) electrons. The highest BCUT2D eigenvalue weighted by atomic mass is 16.7. The molecular weight excluding hydrogens is 344 g/mol. The van der Waals surface area contributed by atoms with Gasteiger partial charge >= 0.3 is 0 Å². The fourth-order valence-corrected chi connectivity index (χ4v) is 7.61. The molecule has 2 heterocycles. The Morgan fingerprint density at radius 1 is 0.963 bits per heavy atom. The molecule has 0 unspecified atom stereocenters. The molecule has 2 spiro atoms. The second-order valence-corrected chi connectivity index (χ2v) is 10.5. The number of hydrogen-bond acceptors (Lipinski definition) is 5. The summed E-state index contributed by atoms with van der Waals surface area (Å²) in [7, 11) is 0. The van der Waals surface area contributed by atoms with E-state index in [2.05, 4.69) is 13.8 Å². The van der Waals surface area contributed by atoms with Crippen LogP contribution in [0.15, 0.2) is 0 Å². The van der Waals surface area contributed by atoms with Crippen LogP contribution >= 0.6 is 0 Å². The first-order valence-electron chi connectivity index (χ1n) is 11.1. The summed E-state index contributed by atoms with van der Waals surface area (Å²) < 4.78 is 23.8. The number of ether oxygens (including phenoxy) is 4. The van der Waals surface area contributed by atoms with Crippen LogP contribution in [-0.4, -0.2) is 49.7 Å². The third-order valence-electron chi connectivity index (χ3n) is 9.05. The average Bonchev–Trinajstić information content (AvgIpc) is 3.34. The van der Waals surface area contributed by atoms with Gasteiger partial charge in [-0.25, -0.2) is 0 Å². The van der Waals surface area contributed by atoms with E-state index in [1.165, 1.54) is 6.42 Å². The number of rotatable bonds is 4. The second kappa shape index (κ2) is 6.40. The quantitative estimate of drug-likeness (QED) is 0.807. The molecule has 27 heavy (non-hydrogen) atoms. The molecule has 3 aliphatic carbocycles. The first-order chi connectivity index (χ1) is 12.9. The van der Waals surface area contributed by atoms with Gasteiger partial charge in [0.1, 0.15) is 0 Å². The maximum absolute atomic E-state index is 10.9. The zero-order chi connectivity index (χ0) is 18.8. The van der Waals surface area contributed by atoms with E-state index in [1.807, 2.05) is 0 Å². The monoisotopic (exact) mass is 380 g/mol. The minimum Gasteiger partial charge on any atom is -0.393 e. The molecule has 5 fully saturated rings. The van der Waals surface area contributed by atoms with Gasteiger partial charge < -0.3 is 24.1 Å². The highest BCUT2D eigenvalue weighted by molar-refractivity contribution is 5.17. The van der Waals surface area contributed by atoms with Crippen molar-refractivity contribution in [2.24, 2.45) is 22.2 Å². The van der Waals surface area contributed by atoms with Crippen molar-refractivity contribution in [3.63, 3.8) is 0 Å². The summed E-state index contributed by atoms with van der Waals surface area (Å²) in [6.45, 7) is 7.69. The van der Waals surface area contributed by atoms with E-state index in [0.717, 1.165) is 64.6 Å². The molecule has 0 aromatic rings. The molecule has 5 rings (SSSR count). The Labute approximate surface area is 163 Å². The van der Waals surface area contributed by atoms with Crippen molar-refractivity contribution in [1.82, 2.24) is 0 Å². The van der Waals surface area contributed by atoms with E-state index in [4.69, 9.17) is 18.9 Å². The van der Waals surface area contributed by atoms with Gasteiger partial charge in [0, 0.05) is 12.8 Å². The van der Waals surface area contributed by atoms with E-state index in [9.17, 15) is 5.11 Å². The largest absolute Gasteiger partial charge is 0.393 e. The van der Waals surface area contributed by atoms with Gasteiger partial charge in [-0.3, -0.25) is 0 Å². The summed E-state index contributed by atoms with van der Waals surface area (Å²) in [6.07, 6.45) is 9.49. The van der Waals surface area contributed by atoms with Crippen LogP contribution < -0.4 is 0 Å². The van der Waals surface area contributed by atoms with Gasteiger partial charge in [0.15, 0.2) is 12.1 Å². The molecule has 5 heteroatoms. The lowest BCUT2D eigenvalue weighted by atomic mass is 9.45. The minimum atomic E-state index is -0.416. The Bertz CT molecular complexity index is 569. The lowest BCUT2D eigenvalue weighted by Crippen LogP contribution is -2.59. The van der Waals surface area contributed by atoms with Crippen LogP contribution in [0.2, 0.25) is 0 Å². The third-order valence-corrected chi connectivity index (χ3v) is 9.05. The van der Waals surface area contributed by atoms with Crippen molar-refractivity contribution < 1.29 is 24.1 Å². The van der Waals surface area contributed by atoms with Gasteiger partial charge in [-0.1, -0.05) is 13.8 Å². The number of hydrogen-bond donors (Lipinski definition) is 1. The lowest BCUT2D eigenvalue weighted by Gasteiger charge is -2.62. The van der Waals surface area contributed by atoms with Crippen molar-refractivity contribution in [3.05, 3.63) is 0 Å². The molecule has 0 aromatic carbocycles. The number of aliphatic hydroxyl groups excluding tert-OH is 1. The molecule has 0 aromatic heterocycles. The zero-order valence-corrected chi connectivity index (χ0v) is 17.0. The average molecular weight is 381 g/mol. The van der Waals surface area contributed by atoms with E-state index in [0.29, 0.717) is 24.5 Å². The Morgan fingerprint density at radius 2 is 1.70 bits per heavy atom. The summed E-state index contributed by atoms with van der Waals surface area (Å²) >= 11 is 0. The Balaban J connectivity index is 1.41. The van der Waals surface area contributed by atoms with Crippen molar-refractivity contribution in [2.75, 3.05) is 26.4 Å². The smallest absolute Gasteiger partial charge is 0.169 e. The first kappa shape index (κ1) is 18.8. The van der Waals surface area contributed by atoms with E-state index in [-0.39, 0.29) is 23.2 Å². The molecular formula is C22H36O5. The van der Waals surface area contributed by atoms with Crippen molar-refractivity contribution >= 4 is 0 Å². The van der Waals surface area contributed by atoms with Crippen LogP contribution in [0.25, 0.3) is 0 Å². The van der Waals surface area contributed by atoms with Gasteiger partial charge in [0.05, 0.1) is 32.5 Å². The summed E-state index contributed by atoms with van der Waals surface area (Å²) in [5, 5.41) is 10.9. The van der Waals surface area contributed by atoms with Gasteiger partial charge in [-0.2, -0.15) is 0 Å². The molecule has 5 atom stereocenters. The van der Waals surface area contributed by atoms with Crippen molar-refractivity contribution in [2.45, 2.75) is 89.8 Å². The standard InChI is InChI=1S/C22H36O5/c1-19-6-7-21(14-19)16(12-17(19)23)13-22(26-10-11-27-22)15-20(21,2)5-3-4-18-24-8-9-25-18/h16-18,23H,3-15H2,1-2H3/t16-,17+,19+,20+,21+/m1/s1. The van der Waals surface area contributed by atoms with Gasteiger partial charge in [-0.05, 0) is 67.1 Å². The van der Waals surface area contributed by atoms with E-state index in [1.54, 1.807) is 0 Å². The van der Waals surface area contributed by atoms with Crippen LogP contribution in [0.5, 0.6) is 0 Å². The second-order valence-electron chi connectivity index (χ2n) is 10.5. The molecule has 2 aliphatic heterocycles. The molecule has 3 saturated carbocycles. The van der Waals surface area contributed by atoms with Gasteiger partial charge in [0.25, 0.3) is 0 Å². The van der Waals surface area contributed by atoms with Crippen LogP contribution in [0, 0.1) is 22.2 Å². The topological polar surface area (TPSA) is 57.2 Å². The fourth-order valence-electron chi connectivity index (χ4n) is 7.61. The molecule has 1 N–H and O–H groups in total. The normalized spacial score (nSPS) is 49.0. The lowest BCUT2D eigenvalue weighted by molar-refractivity contribution is -0.263. The summed E-state index contributed by atoms with van der Waals surface area (Å²) in [5.74, 6) is 0.0834. The highest BCUT2D eigenvalue weighted by Gasteiger charge is 2.69. The summed E-state index contributed by atoms with van der Waals surface area (Å²) in [6, 6.07) is 0. The molecule has 2 saturated heterocycles. The first-order valence-corrected chi connectivity index (χ1v) is 11.1. The minimum absolute atomic E-state index is 0.0135. The van der Waals surface area contributed by atoms with Crippen molar-refractivity contribution in [1.29, 1.82) is 0 Å². The SMILES string of the molecule is C[C@]12CC[C@]3(C1)[C@H](C[C@@H]2O)CC1(C[C@]3(C)CCCC2OCCO2)OCCO1. The molecule has 0 amide bonds. The molecule has 154 valence electrons. The van der Waals surface area contributed by atoms with Crippen LogP contribution in [0.1, 0.15) is 71.6 Å². The number of fused-ring (bicyclic) bond motifs is 1. The fraction of sp³-hybridized carbons (Fsp3) is 1.00. The maximum atomic E-state index is 10.9. The predicted molar refractivity (Wildman–Crippen MR) is 100 cm³/mol. The summed E-state index contributed by atoms with van der Waals surface area (Å²) in [4.78, 5) is 0.